The predicted molar refractivity (Wildman–Crippen MR) is 164 cm³/mol. The third-order valence-corrected chi connectivity index (χ3v) is 10.3. The molecule has 1 aliphatic rings. The highest BCUT2D eigenvalue weighted by Crippen LogP contribution is 2.35. The van der Waals surface area contributed by atoms with E-state index >= 15 is 0 Å². The maximum Gasteiger partial charge on any atom is 0.244 e. The number of hydrogen-bond donors (Lipinski definition) is 3. The summed E-state index contributed by atoms with van der Waals surface area (Å²) in [6.07, 6.45) is 0.760. The highest BCUT2D eigenvalue weighted by molar-refractivity contribution is 8.00. The van der Waals surface area contributed by atoms with E-state index in [2.05, 4.69) is 10.6 Å². The maximum absolute atomic E-state index is 13.8. The lowest BCUT2D eigenvalue weighted by molar-refractivity contribution is -0.129. The number of nitrogens with zero attached hydrogens (tertiary/aromatic N) is 1. The predicted octanol–water partition coefficient (Wildman–Crippen LogP) is 3.02. The number of nitrogens with one attached hydrogen (secondary N) is 2. The first-order valence-corrected chi connectivity index (χ1v) is 16.8. The van der Waals surface area contributed by atoms with Gasteiger partial charge in [0.1, 0.15) is 11.9 Å². The largest absolute Gasteiger partial charge is 0.454 e. The molecule has 2 aromatic rings. The number of hydrogen-bond acceptors (Lipinski definition) is 8. The molecule has 0 aliphatic carbocycles. The number of amides is 2. The lowest BCUT2D eigenvalue weighted by Gasteiger charge is -2.35. The van der Waals surface area contributed by atoms with Gasteiger partial charge in [0.05, 0.1) is 17.0 Å². The molecule has 3 atom stereocenters. The maximum atomic E-state index is 13.8. The number of sulfonamides is 1. The number of ether oxygens (including phenoxy) is 2. The van der Waals surface area contributed by atoms with Crippen molar-refractivity contribution in [2.75, 3.05) is 32.0 Å². The molecule has 0 fully saturated rings. The molecule has 0 radical (unpaired) electrons. The van der Waals surface area contributed by atoms with Crippen LogP contribution in [0.15, 0.2) is 53.4 Å². The monoisotopic (exact) mass is 641 g/mol. The average Bonchev–Trinajstić information content (AvgIpc) is 3.43. The fourth-order valence-corrected chi connectivity index (χ4v) is 6.61. The third-order valence-electron chi connectivity index (χ3n) is 6.94. The van der Waals surface area contributed by atoms with Crippen molar-refractivity contribution < 1.29 is 32.6 Å². The van der Waals surface area contributed by atoms with Gasteiger partial charge in [-0.25, -0.2) is 8.42 Å². The summed E-state index contributed by atoms with van der Waals surface area (Å²) in [5, 5.41) is 17.1. The molecule has 3 N–H and O–H groups in total. The van der Waals surface area contributed by atoms with Gasteiger partial charge in [-0.05, 0) is 50.1 Å². The van der Waals surface area contributed by atoms with Crippen molar-refractivity contribution in [1.29, 1.82) is 0 Å². The number of aliphatic hydroxyl groups excluding tert-OH is 1. The Morgan fingerprint density at radius 3 is 2.36 bits per heavy atom. The van der Waals surface area contributed by atoms with Crippen molar-refractivity contribution >= 4 is 45.2 Å². The highest BCUT2D eigenvalue weighted by Gasteiger charge is 2.38. The van der Waals surface area contributed by atoms with E-state index in [1.54, 1.807) is 6.07 Å². The van der Waals surface area contributed by atoms with E-state index in [1.807, 2.05) is 64.3 Å². The number of alkyl halides is 1. The smallest absolute Gasteiger partial charge is 0.244 e. The molecule has 1 aliphatic heterocycles. The summed E-state index contributed by atoms with van der Waals surface area (Å²) in [5.41, 5.74) is 0.835. The summed E-state index contributed by atoms with van der Waals surface area (Å²) in [6, 6.07) is 11.8. The summed E-state index contributed by atoms with van der Waals surface area (Å²) in [4.78, 5) is 25.8. The topological polar surface area (TPSA) is 134 Å². The summed E-state index contributed by atoms with van der Waals surface area (Å²) in [6.45, 7) is 7.26. The summed E-state index contributed by atoms with van der Waals surface area (Å²) in [5.74, 6) is -0.595. The van der Waals surface area contributed by atoms with Crippen molar-refractivity contribution in [3.05, 3.63) is 54.1 Å². The van der Waals surface area contributed by atoms with Crippen LogP contribution in [-0.4, -0.2) is 84.6 Å². The van der Waals surface area contributed by atoms with Gasteiger partial charge in [0.25, 0.3) is 0 Å². The number of carbonyl (C=O) groups is 2. The number of thioether (sulfide) groups is 1. The first kappa shape index (κ1) is 34.0. The van der Waals surface area contributed by atoms with E-state index in [1.165, 1.54) is 28.2 Å². The van der Waals surface area contributed by atoms with E-state index in [-0.39, 0.29) is 43.0 Å². The SMILES string of the molecule is CSC(C)(C)[C@H](NC(=O)CCl)C(=O)N[C@@H](Cc1ccccc1)[C@H](O)CN(CC(C)C)S(=O)(=O)c1ccc2c(c1)OCO2. The Labute approximate surface area is 257 Å². The summed E-state index contributed by atoms with van der Waals surface area (Å²) < 4.78 is 38.8. The van der Waals surface area contributed by atoms with Crippen LogP contribution in [0.2, 0.25) is 0 Å². The van der Waals surface area contributed by atoms with Crippen molar-refractivity contribution in [2.45, 2.75) is 61.9 Å². The van der Waals surface area contributed by atoms with Gasteiger partial charge in [-0.2, -0.15) is 16.1 Å². The van der Waals surface area contributed by atoms with Gasteiger partial charge in [0.15, 0.2) is 11.5 Å². The summed E-state index contributed by atoms with van der Waals surface area (Å²) in [7, 11) is -4.06. The fraction of sp³-hybridized carbons (Fsp3) is 0.517. The number of aliphatic hydroxyl groups is 1. The number of benzene rings is 2. The average molecular weight is 642 g/mol. The van der Waals surface area contributed by atoms with Crippen LogP contribution < -0.4 is 20.1 Å². The van der Waals surface area contributed by atoms with Crippen molar-refractivity contribution in [3.8, 4) is 11.5 Å². The fourth-order valence-electron chi connectivity index (χ4n) is 4.49. The standard InChI is InChI=1S/C29H40ClN3O7S2/c1-19(2)16-33(42(37,38)21-11-12-24-25(14-21)40-18-39-24)17-23(34)22(13-20-9-7-6-8-10-20)31-28(36)27(29(3,4)41-5)32-26(35)15-30/h6-12,14,19,22-23,27,34H,13,15-18H2,1-5H3,(H,31,36)(H,32,35)/t22-,23+,27+/m0/s1. The van der Waals surface area contributed by atoms with Crippen molar-refractivity contribution in [2.24, 2.45) is 5.92 Å². The van der Waals surface area contributed by atoms with Gasteiger partial charge in [-0.3, -0.25) is 9.59 Å². The van der Waals surface area contributed by atoms with Crippen LogP contribution in [0.4, 0.5) is 0 Å². The molecule has 42 heavy (non-hydrogen) atoms. The Morgan fingerprint density at radius 1 is 1.07 bits per heavy atom. The second-order valence-corrected chi connectivity index (χ2v) is 14.7. The molecule has 1 heterocycles. The Hall–Kier alpha value is -2.51. The van der Waals surface area contributed by atoms with Crippen LogP contribution in [-0.2, 0) is 26.0 Å². The van der Waals surface area contributed by atoms with Crippen LogP contribution in [0.1, 0.15) is 33.3 Å². The van der Waals surface area contributed by atoms with Crippen molar-refractivity contribution in [3.63, 3.8) is 0 Å². The molecule has 0 aromatic heterocycles. The lowest BCUT2D eigenvalue weighted by atomic mass is 9.98. The zero-order valence-corrected chi connectivity index (χ0v) is 26.9. The molecule has 0 unspecified atom stereocenters. The number of carbonyl (C=O) groups excluding carboxylic acids is 2. The van der Waals surface area contributed by atoms with Gasteiger partial charge >= 0.3 is 0 Å². The Morgan fingerprint density at radius 2 is 1.74 bits per heavy atom. The first-order valence-electron chi connectivity index (χ1n) is 13.6. The molecule has 0 bridgehead atoms. The molecule has 3 rings (SSSR count). The van der Waals surface area contributed by atoms with Gasteiger partial charge in [0.2, 0.25) is 28.6 Å². The first-order chi connectivity index (χ1) is 19.8. The zero-order valence-electron chi connectivity index (χ0n) is 24.5. The van der Waals surface area contributed by atoms with Crippen LogP contribution in [0, 0.1) is 5.92 Å². The molecule has 0 saturated carbocycles. The van der Waals surface area contributed by atoms with E-state index < -0.39 is 44.8 Å². The number of rotatable bonds is 15. The minimum atomic E-state index is -4.06. The van der Waals surface area contributed by atoms with Crippen LogP contribution in [0.25, 0.3) is 0 Å². The summed E-state index contributed by atoms with van der Waals surface area (Å²) >= 11 is 7.11. The normalized spacial score (nSPS) is 15.4. The van der Waals surface area contributed by atoms with E-state index in [0.29, 0.717) is 11.5 Å². The van der Waals surface area contributed by atoms with Crippen molar-refractivity contribution in [1.82, 2.24) is 14.9 Å². The molecule has 0 saturated heterocycles. The van der Waals surface area contributed by atoms with Crippen LogP contribution >= 0.6 is 23.4 Å². The second kappa shape index (κ2) is 14.8. The quantitative estimate of drug-likeness (QED) is 0.253. The minimum absolute atomic E-state index is 0.00774. The van der Waals surface area contributed by atoms with Gasteiger partial charge in [0, 0.05) is 23.9 Å². The van der Waals surface area contributed by atoms with E-state index in [9.17, 15) is 23.1 Å². The van der Waals surface area contributed by atoms with E-state index in [4.69, 9.17) is 21.1 Å². The molecule has 2 amide bonds. The molecule has 0 spiro atoms. The Kier molecular flexibility index (Phi) is 12.0. The molecular formula is C29H40ClN3O7S2. The Bertz CT molecular complexity index is 1330. The van der Waals surface area contributed by atoms with Gasteiger partial charge < -0.3 is 25.2 Å². The zero-order chi connectivity index (χ0) is 31.1. The van der Waals surface area contributed by atoms with Crippen LogP contribution in [0.3, 0.4) is 0 Å². The van der Waals surface area contributed by atoms with E-state index in [0.717, 1.165) is 5.56 Å². The van der Waals surface area contributed by atoms with Crippen LogP contribution in [0.5, 0.6) is 11.5 Å². The second-order valence-electron chi connectivity index (χ2n) is 11.0. The number of halogens is 1. The molecule has 13 heteroatoms. The third kappa shape index (κ3) is 8.76. The minimum Gasteiger partial charge on any atom is -0.454 e. The number of fused-ring (bicyclic) bond motifs is 1. The Balaban J connectivity index is 1.92. The van der Waals surface area contributed by atoms with Gasteiger partial charge in [-0.15, -0.1) is 11.6 Å². The molecular weight excluding hydrogens is 602 g/mol. The molecule has 2 aromatic carbocycles. The lowest BCUT2D eigenvalue weighted by Crippen LogP contribution is -2.60. The van der Waals surface area contributed by atoms with Gasteiger partial charge in [-0.1, -0.05) is 44.2 Å². The molecule has 232 valence electrons. The highest BCUT2D eigenvalue weighted by atomic mass is 35.5. The molecule has 10 nitrogen and oxygen atoms in total.